The van der Waals surface area contributed by atoms with Crippen molar-refractivity contribution >= 4 is 11.5 Å². The Bertz CT molecular complexity index is 1480. The molecule has 0 radical (unpaired) electrons. The average molecular weight is 483 g/mol. The smallest absolute Gasteiger partial charge is 0.174 e. The SMILES string of the molecule is Cc1cc(Oc2ccnc(Nc3cc(F)cc(CCc4nn[nH]n4)c3)c2)c(-c2ccccn2)nc1C. The molecule has 5 aromatic rings. The Morgan fingerprint density at radius 3 is 2.69 bits per heavy atom. The Labute approximate surface area is 206 Å². The van der Waals surface area contributed by atoms with E-state index < -0.39 is 0 Å². The Hall–Kier alpha value is -4.73. The lowest BCUT2D eigenvalue weighted by Gasteiger charge is -2.14. The van der Waals surface area contributed by atoms with Gasteiger partial charge in [-0.25, -0.2) is 14.4 Å². The van der Waals surface area contributed by atoms with E-state index in [-0.39, 0.29) is 5.82 Å². The molecule has 0 bridgehead atoms. The minimum absolute atomic E-state index is 0.350. The molecule has 0 atom stereocenters. The summed E-state index contributed by atoms with van der Waals surface area (Å²) in [5, 5.41) is 17.0. The summed E-state index contributed by atoms with van der Waals surface area (Å²) in [5.74, 6) is 1.88. The molecule has 0 saturated carbocycles. The zero-order valence-corrected chi connectivity index (χ0v) is 19.7. The van der Waals surface area contributed by atoms with Gasteiger partial charge in [-0.2, -0.15) is 5.21 Å². The third-order valence-corrected chi connectivity index (χ3v) is 5.55. The van der Waals surface area contributed by atoms with Gasteiger partial charge in [0.1, 0.15) is 23.1 Å². The number of halogens is 1. The predicted octanol–water partition coefficient (Wildman–Crippen LogP) is 5.13. The molecular weight excluding hydrogens is 459 g/mol. The van der Waals surface area contributed by atoms with Gasteiger partial charge in [-0.1, -0.05) is 11.3 Å². The summed E-state index contributed by atoms with van der Waals surface area (Å²) in [6.07, 6.45) is 4.46. The minimum atomic E-state index is -0.350. The molecule has 0 amide bonds. The molecule has 0 spiro atoms. The van der Waals surface area contributed by atoms with E-state index in [4.69, 9.17) is 9.72 Å². The second-order valence-corrected chi connectivity index (χ2v) is 8.23. The van der Waals surface area contributed by atoms with Gasteiger partial charge in [-0.3, -0.25) is 4.98 Å². The van der Waals surface area contributed by atoms with Crippen LogP contribution in [-0.2, 0) is 12.8 Å². The van der Waals surface area contributed by atoms with E-state index >= 15 is 0 Å². The molecule has 180 valence electrons. The molecule has 2 N–H and O–H groups in total. The lowest BCUT2D eigenvalue weighted by atomic mass is 10.1. The summed E-state index contributed by atoms with van der Waals surface area (Å²) in [6.45, 7) is 3.94. The largest absolute Gasteiger partial charge is 0.455 e. The highest BCUT2D eigenvalue weighted by Gasteiger charge is 2.14. The molecule has 0 aliphatic carbocycles. The van der Waals surface area contributed by atoms with Gasteiger partial charge in [0, 0.05) is 36.3 Å². The first kappa shape index (κ1) is 23.0. The van der Waals surface area contributed by atoms with Crippen LogP contribution >= 0.6 is 0 Å². The molecule has 9 nitrogen and oxygen atoms in total. The summed E-state index contributed by atoms with van der Waals surface area (Å²) in [7, 11) is 0. The molecule has 1 aromatic carbocycles. The number of rotatable bonds is 8. The Balaban J connectivity index is 1.36. The van der Waals surface area contributed by atoms with Crippen LogP contribution in [0.5, 0.6) is 11.5 Å². The van der Waals surface area contributed by atoms with Gasteiger partial charge in [0.15, 0.2) is 11.6 Å². The number of hydrogen-bond acceptors (Lipinski definition) is 8. The normalized spacial score (nSPS) is 10.9. The van der Waals surface area contributed by atoms with Crippen LogP contribution in [0.25, 0.3) is 11.4 Å². The number of aromatic nitrogens is 7. The third-order valence-electron chi connectivity index (χ3n) is 5.55. The van der Waals surface area contributed by atoms with Gasteiger partial charge < -0.3 is 10.1 Å². The number of pyridine rings is 3. The van der Waals surface area contributed by atoms with Crippen LogP contribution in [0.3, 0.4) is 0 Å². The number of H-pyrrole nitrogens is 1. The highest BCUT2D eigenvalue weighted by molar-refractivity contribution is 5.65. The number of benzene rings is 1. The molecule has 0 fully saturated rings. The molecule has 36 heavy (non-hydrogen) atoms. The monoisotopic (exact) mass is 482 g/mol. The van der Waals surface area contributed by atoms with E-state index in [1.807, 2.05) is 44.2 Å². The van der Waals surface area contributed by atoms with Crippen molar-refractivity contribution in [2.24, 2.45) is 0 Å². The number of ether oxygens (including phenoxy) is 1. The Kier molecular flexibility index (Phi) is 6.57. The van der Waals surface area contributed by atoms with Gasteiger partial charge in [-0.15, -0.1) is 10.2 Å². The van der Waals surface area contributed by atoms with Crippen LogP contribution in [-0.4, -0.2) is 35.6 Å². The van der Waals surface area contributed by atoms with Gasteiger partial charge >= 0.3 is 0 Å². The topological polar surface area (TPSA) is 114 Å². The third kappa shape index (κ3) is 5.49. The number of aromatic amines is 1. The van der Waals surface area contributed by atoms with Crippen LogP contribution in [0.2, 0.25) is 0 Å². The van der Waals surface area contributed by atoms with E-state index in [1.165, 1.54) is 12.1 Å². The molecular formula is C26H23FN8O. The average Bonchev–Trinajstić information content (AvgIpc) is 3.39. The van der Waals surface area contributed by atoms with E-state index in [0.717, 1.165) is 22.5 Å². The molecule has 0 saturated heterocycles. The van der Waals surface area contributed by atoms with E-state index in [1.54, 1.807) is 24.5 Å². The fourth-order valence-corrected chi connectivity index (χ4v) is 3.67. The Morgan fingerprint density at radius 1 is 0.972 bits per heavy atom. The molecule has 5 rings (SSSR count). The van der Waals surface area contributed by atoms with Crippen molar-refractivity contribution in [3.8, 4) is 22.9 Å². The first-order chi connectivity index (χ1) is 17.5. The molecule has 10 heteroatoms. The van der Waals surface area contributed by atoms with E-state index in [2.05, 4.69) is 35.9 Å². The van der Waals surface area contributed by atoms with Gasteiger partial charge in [0.05, 0.1) is 5.69 Å². The summed E-state index contributed by atoms with van der Waals surface area (Å²) >= 11 is 0. The fraction of sp³-hybridized carbons (Fsp3) is 0.154. The number of aryl methyl sites for hydroxylation is 4. The zero-order valence-electron chi connectivity index (χ0n) is 19.7. The van der Waals surface area contributed by atoms with E-state index in [9.17, 15) is 4.39 Å². The van der Waals surface area contributed by atoms with Crippen molar-refractivity contribution < 1.29 is 9.13 Å². The van der Waals surface area contributed by atoms with E-state index in [0.29, 0.717) is 47.4 Å². The summed E-state index contributed by atoms with van der Waals surface area (Å²) in [5.41, 5.74) is 4.66. The van der Waals surface area contributed by atoms with Gasteiger partial charge in [0.25, 0.3) is 0 Å². The second kappa shape index (κ2) is 10.3. The first-order valence-electron chi connectivity index (χ1n) is 11.4. The number of nitrogens with one attached hydrogen (secondary N) is 2. The molecule has 0 unspecified atom stereocenters. The maximum Gasteiger partial charge on any atom is 0.174 e. The lowest BCUT2D eigenvalue weighted by molar-refractivity contribution is 0.481. The predicted molar refractivity (Wildman–Crippen MR) is 133 cm³/mol. The van der Waals surface area contributed by atoms with Crippen LogP contribution in [0.4, 0.5) is 15.9 Å². The molecule has 4 heterocycles. The van der Waals surface area contributed by atoms with Crippen molar-refractivity contribution in [2.75, 3.05) is 5.32 Å². The highest BCUT2D eigenvalue weighted by Crippen LogP contribution is 2.33. The molecule has 0 aliphatic rings. The van der Waals surface area contributed by atoms with Gasteiger partial charge in [0.2, 0.25) is 0 Å². The number of hydrogen-bond donors (Lipinski definition) is 2. The standard InChI is InChI=1S/C26H23FN8O/c1-16-11-23(26(30-17(16)2)22-5-3-4-9-28-22)36-21-8-10-29-25(15-21)31-20-13-18(12-19(27)14-20)6-7-24-32-34-35-33-24/h3-5,8-15H,6-7H2,1-2H3,(H,29,31)(H,32,33,34,35). The Morgan fingerprint density at radius 2 is 1.89 bits per heavy atom. The van der Waals surface area contributed by atoms with Crippen LogP contribution in [0.15, 0.2) is 67.0 Å². The molecule has 0 aliphatic heterocycles. The van der Waals surface area contributed by atoms with Crippen molar-refractivity contribution in [1.29, 1.82) is 0 Å². The minimum Gasteiger partial charge on any atom is -0.455 e. The lowest BCUT2D eigenvalue weighted by Crippen LogP contribution is -2.00. The molecule has 4 aromatic heterocycles. The summed E-state index contributed by atoms with van der Waals surface area (Å²) < 4.78 is 20.5. The summed E-state index contributed by atoms with van der Waals surface area (Å²) in [6, 6.07) is 15.9. The fourth-order valence-electron chi connectivity index (χ4n) is 3.67. The maximum atomic E-state index is 14.3. The first-order valence-corrected chi connectivity index (χ1v) is 11.4. The van der Waals surface area contributed by atoms with Crippen LogP contribution in [0.1, 0.15) is 22.6 Å². The van der Waals surface area contributed by atoms with Crippen molar-refractivity contribution in [3.63, 3.8) is 0 Å². The maximum absolute atomic E-state index is 14.3. The van der Waals surface area contributed by atoms with Gasteiger partial charge in [-0.05, 0) is 73.9 Å². The highest BCUT2D eigenvalue weighted by atomic mass is 19.1. The summed E-state index contributed by atoms with van der Waals surface area (Å²) in [4.78, 5) is 13.5. The second-order valence-electron chi connectivity index (χ2n) is 8.23. The van der Waals surface area contributed by atoms with Crippen molar-refractivity contribution in [1.82, 2.24) is 35.6 Å². The zero-order chi connectivity index (χ0) is 24.9. The van der Waals surface area contributed by atoms with Crippen molar-refractivity contribution in [2.45, 2.75) is 26.7 Å². The number of anilines is 2. The number of tetrazole rings is 1. The van der Waals surface area contributed by atoms with Crippen molar-refractivity contribution in [3.05, 3.63) is 95.5 Å². The van der Waals surface area contributed by atoms with Crippen LogP contribution < -0.4 is 10.1 Å². The number of nitrogens with zero attached hydrogens (tertiary/aromatic N) is 6. The quantitative estimate of drug-likeness (QED) is 0.313. The van der Waals surface area contributed by atoms with Crippen LogP contribution in [0, 0.1) is 19.7 Å².